The maximum atomic E-state index is 12.3. The number of guanidine groups is 1. The van der Waals surface area contributed by atoms with Crippen molar-refractivity contribution in [2.75, 3.05) is 39.0 Å². The van der Waals surface area contributed by atoms with Crippen LogP contribution >= 0.6 is 39.9 Å². The Balaban J connectivity index is 0.00000625. The summed E-state index contributed by atoms with van der Waals surface area (Å²) in [6.07, 6.45) is 2.00. The molecule has 26 heavy (non-hydrogen) atoms. The lowest BCUT2D eigenvalue weighted by Gasteiger charge is -2.23. The van der Waals surface area contributed by atoms with Gasteiger partial charge in [0.1, 0.15) is 0 Å². The lowest BCUT2D eigenvalue weighted by Crippen LogP contribution is -2.39. The number of halogens is 2. The van der Waals surface area contributed by atoms with Crippen LogP contribution in [0.15, 0.2) is 21.7 Å². The van der Waals surface area contributed by atoms with Crippen LogP contribution in [0.25, 0.3) is 0 Å². The molecule has 1 N–H and O–H groups in total. The molecule has 0 bridgehead atoms. The second-order valence-corrected chi connectivity index (χ2v) is 8.76. The van der Waals surface area contributed by atoms with E-state index in [-0.39, 0.29) is 36.3 Å². The van der Waals surface area contributed by atoms with Crippen molar-refractivity contribution in [2.24, 2.45) is 12.0 Å². The Labute approximate surface area is 183 Å². The fourth-order valence-electron chi connectivity index (χ4n) is 2.52. The van der Waals surface area contributed by atoms with Gasteiger partial charge in [-0.2, -0.15) is 0 Å². The molecule has 0 aliphatic rings. The van der Waals surface area contributed by atoms with Crippen LogP contribution < -0.4 is 5.32 Å². The zero-order chi connectivity index (χ0) is 19.0. The Kier molecular flexibility index (Phi) is 12.0. The molecule has 1 rings (SSSR count). The van der Waals surface area contributed by atoms with Crippen molar-refractivity contribution in [3.8, 4) is 0 Å². The van der Waals surface area contributed by atoms with E-state index >= 15 is 0 Å². The Morgan fingerprint density at radius 1 is 1.31 bits per heavy atom. The first-order valence-electron chi connectivity index (χ1n) is 8.53. The van der Waals surface area contributed by atoms with Gasteiger partial charge in [-0.3, -0.25) is 4.99 Å². The second-order valence-electron chi connectivity index (χ2n) is 5.75. The highest BCUT2D eigenvalue weighted by Gasteiger charge is 2.18. The lowest BCUT2D eigenvalue weighted by atomic mass is 10.4. The summed E-state index contributed by atoms with van der Waals surface area (Å²) in [5.74, 6) is 0.724. The molecule has 0 atom stereocenters. The van der Waals surface area contributed by atoms with Crippen molar-refractivity contribution in [3.05, 3.63) is 22.4 Å². The van der Waals surface area contributed by atoms with Gasteiger partial charge < -0.3 is 14.8 Å². The number of aliphatic imine (C=N–C) groups is 1. The van der Waals surface area contributed by atoms with E-state index in [0.717, 1.165) is 16.7 Å². The van der Waals surface area contributed by atoms with E-state index in [1.807, 2.05) is 46.0 Å². The molecule has 10 heteroatoms. The maximum Gasteiger partial charge on any atom is 0.215 e. The number of rotatable bonds is 9. The van der Waals surface area contributed by atoms with Gasteiger partial charge >= 0.3 is 0 Å². The zero-order valence-electron chi connectivity index (χ0n) is 16.2. The highest BCUT2D eigenvalue weighted by molar-refractivity contribution is 14.0. The lowest BCUT2D eigenvalue weighted by molar-refractivity contribution is 0.444. The van der Waals surface area contributed by atoms with E-state index < -0.39 is 10.0 Å². The van der Waals surface area contributed by atoms with Crippen LogP contribution in [0.4, 0.5) is 0 Å². The van der Waals surface area contributed by atoms with E-state index in [9.17, 15) is 8.42 Å². The van der Waals surface area contributed by atoms with Crippen molar-refractivity contribution in [3.63, 3.8) is 0 Å². The SMILES string of the molecule is CCNC(=NCCS(=O)(=O)N(CC)CC)N(C)Cc1cc(Br)cn1C.I. The molecule has 0 spiro atoms. The predicted molar refractivity (Wildman–Crippen MR) is 123 cm³/mol. The molecular weight excluding hydrogens is 533 g/mol. The number of hydrogen-bond acceptors (Lipinski definition) is 3. The standard InChI is InChI=1S/C16H30BrN5O2S.HI/c1-6-18-16(19-9-10-25(23,24)22(7-2)8-3)21(5)13-15-11-14(17)12-20(15)4;/h11-12H,6-10,13H2,1-5H3,(H,18,19);1H. The molecule has 1 heterocycles. The van der Waals surface area contributed by atoms with E-state index in [2.05, 4.69) is 36.9 Å². The van der Waals surface area contributed by atoms with Gasteiger partial charge in [-0.05, 0) is 28.9 Å². The van der Waals surface area contributed by atoms with E-state index in [1.165, 1.54) is 4.31 Å². The molecule has 1 aromatic rings. The molecule has 0 aromatic carbocycles. The van der Waals surface area contributed by atoms with Crippen molar-refractivity contribution >= 4 is 55.9 Å². The molecular formula is C16H31BrIN5O2S. The van der Waals surface area contributed by atoms with Gasteiger partial charge in [-0.25, -0.2) is 12.7 Å². The van der Waals surface area contributed by atoms with Crippen LogP contribution in [0.1, 0.15) is 26.5 Å². The van der Waals surface area contributed by atoms with Crippen molar-refractivity contribution < 1.29 is 8.42 Å². The normalized spacial score (nSPS) is 12.2. The first kappa shape index (κ1) is 25.7. The van der Waals surface area contributed by atoms with Gasteiger partial charge in [0.2, 0.25) is 10.0 Å². The first-order valence-corrected chi connectivity index (χ1v) is 10.9. The van der Waals surface area contributed by atoms with Gasteiger partial charge in [0, 0.05) is 50.1 Å². The summed E-state index contributed by atoms with van der Waals surface area (Å²) in [5.41, 5.74) is 1.13. The number of aromatic nitrogens is 1. The van der Waals surface area contributed by atoms with Gasteiger partial charge in [0.25, 0.3) is 0 Å². The molecule has 0 fully saturated rings. The second kappa shape index (κ2) is 12.2. The fraction of sp³-hybridized carbons (Fsp3) is 0.688. The molecule has 0 amide bonds. The highest BCUT2D eigenvalue weighted by Crippen LogP contribution is 2.15. The molecule has 152 valence electrons. The average Bonchev–Trinajstić information content (AvgIpc) is 2.84. The van der Waals surface area contributed by atoms with Crippen LogP contribution in [0.3, 0.4) is 0 Å². The van der Waals surface area contributed by atoms with Crippen LogP contribution in [0, 0.1) is 0 Å². The van der Waals surface area contributed by atoms with Crippen LogP contribution in [0.5, 0.6) is 0 Å². The van der Waals surface area contributed by atoms with Crippen LogP contribution in [-0.2, 0) is 23.6 Å². The summed E-state index contributed by atoms with van der Waals surface area (Å²) in [4.78, 5) is 6.48. The molecule has 0 saturated heterocycles. The van der Waals surface area contributed by atoms with E-state index in [0.29, 0.717) is 25.6 Å². The Bertz CT molecular complexity index is 674. The number of nitrogens with zero attached hydrogens (tertiary/aromatic N) is 4. The third kappa shape index (κ3) is 7.73. The van der Waals surface area contributed by atoms with Gasteiger partial charge in [0.05, 0.1) is 18.8 Å². The Hall–Kier alpha value is -0.330. The molecule has 0 aliphatic heterocycles. The van der Waals surface area contributed by atoms with E-state index in [4.69, 9.17) is 0 Å². The van der Waals surface area contributed by atoms with E-state index in [1.54, 1.807) is 0 Å². The summed E-state index contributed by atoms with van der Waals surface area (Å²) in [7, 11) is 0.689. The summed E-state index contributed by atoms with van der Waals surface area (Å²) in [5, 5.41) is 3.22. The maximum absolute atomic E-state index is 12.3. The Morgan fingerprint density at radius 3 is 2.38 bits per heavy atom. The Morgan fingerprint density at radius 2 is 1.92 bits per heavy atom. The topological polar surface area (TPSA) is 69.9 Å². The number of sulfonamides is 1. The summed E-state index contributed by atoms with van der Waals surface area (Å²) >= 11 is 3.47. The molecule has 1 aromatic heterocycles. The van der Waals surface area contributed by atoms with Crippen molar-refractivity contribution in [1.29, 1.82) is 0 Å². The minimum absolute atomic E-state index is 0. The zero-order valence-corrected chi connectivity index (χ0v) is 20.9. The number of aryl methyl sites for hydroxylation is 1. The quantitative estimate of drug-likeness (QED) is 0.285. The third-order valence-electron chi connectivity index (χ3n) is 3.88. The average molecular weight is 564 g/mol. The van der Waals surface area contributed by atoms with Crippen LogP contribution in [0.2, 0.25) is 0 Å². The largest absolute Gasteiger partial charge is 0.357 e. The van der Waals surface area contributed by atoms with Crippen LogP contribution in [-0.4, -0.2) is 67.1 Å². The minimum Gasteiger partial charge on any atom is -0.357 e. The molecule has 0 aliphatic carbocycles. The number of nitrogens with one attached hydrogen (secondary N) is 1. The summed E-state index contributed by atoms with van der Waals surface area (Å²) in [6, 6.07) is 2.06. The molecule has 0 unspecified atom stereocenters. The summed E-state index contributed by atoms with van der Waals surface area (Å²) in [6.45, 7) is 8.31. The fourth-order valence-corrected chi connectivity index (χ4v) is 4.46. The molecule has 7 nitrogen and oxygen atoms in total. The number of hydrogen-bond donors (Lipinski definition) is 1. The van der Waals surface area contributed by atoms with Gasteiger partial charge in [-0.15, -0.1) is 24.0 Å². The predicted octanol–water partition coefficient (Wildman–Crippen LogP) is 2.47. The van der Waals surface area contributed by atoms with Gasteiger partial charge in [0.15, 0.2) is 5.96 Å². The molecule has 0 radical (unpaired) electrons. The van der Waals surface area contributed by atoms with Crippen molar-refractivity contribution in [2.45, 2.75) is 27.3 Å². The van der Waals surface area contributed by atoms with Gasteiger partial charge in [-0.1, -0.05) is 13.8 Å². The minimum atomic E-state index is -3.25. The highest BCUT2D eigenvalue weighted by atomic mass is 127. The monoisotopic (exact) mass is 563 g/mol. The summed E-state index contributed by atoms with van der Waals surface area (Å²) < 4.78 is 29.1. The smallest absolute Gasteiger partial charge is 0.215 e. The van der Waals surface area contributed by atoms with Crippen molar-refractivity contribution in [1.82, 2.24) is 19.1 Å². The first-order chi connectivity index (χ1) is 11.7. The third-order valence-corrected chi connectivity index (χ3v) is 6.32. The molecule has 0 saturated carbocycles.